The molecule has 11 heteroatoms. The summed E-state index contributed by atoms with van der Waals surface area (Å²) in [5.74, 6) is -0.801. The van der Waals surface area contributed by atoms with Crippen molar-refractivity contribution in [2.45, 2.75) is 11.2 Å². The number of carbonyl (C=O) groups is 2. The normalized spacial score (nSPS) is 11.1. The van der Waals surface area contributed by atoms with Crippen LogP contribution in [0, 0.1) is 0 Å². The van der Waals surface area contributed by atoms with Crippen molar-refractivity contribution in [3.8, 4) is 0 Å². The molecule has 0 fully saturated rings. The second-order valence-corrected chi connectivity index (χ2v) is 5.75. The Labute approximate surface area is 150 Å². The van der Waals surface area contributed by atoms with Gasteiger partial charge in [-0.25, -0.2) is 4.98 Å². The van der Waals surface area contributed by atoms with Crippen LogP contribution in [0.4, 0.5) is 30.6 Å². The van der Waals surface area contributed by atoms with E-state index in [4.69, 9.17) is 5.73 Å². The molecule has 1 aromatic heterocycles. The number of nitrogens with zero attached hydrogens (tertiary/aromatic N) is 2. The fraction of sp³-hybridized carbons (Fsp3) is 0.200. The Hall–Kier alpha value is -2.82. The van der Waals surface area contributed by atoms with Gasteiger partial charge in [-0.05, 0) is 24.5 Å². The molecule has 0 atom stereocenters. The van der Waals surface area contributed by atoms with Crippen LogP contribution in [-0.2, 0) is 11.0 Å². The van der Waals surface area contributed by atoms with Gasteiger partial charge >= 0.3 is 6.18 Å². The van der Waals surface area contributed by atoms with Gasteiger partial charge in [-0.15, -0.1) is 11.8 Å². The second kappa shape index (κ2) is 8.04. The maximum absolute atomic E-state index is 12.7. The SMILES string of the molecule is CSc1nc(N)nc(NC(=O)CNc2cccc(C(F)(F)F)c2)c1C=O. The average molecular weight is 385 g/mol. The first-order valence-corrected chi connectivity index (χ1v) is 8.34. The molecular weight excluding hydrogens is 371 g/mol. The van der Waals surface area contributed by atoms with Crippen LogP contribution in [0.2, 0.25) is 0 Å². The van der Waals surface area contributed by atoms with Crippen molar-refractivity contribution < 1.29 is 22.8 Å². The highest BCUT2D eigenvalue weighted by Gasteiger charge is 2.30. The lowest BCUT2D eigenvalue weighted by Gasteiger charge is -2.12. The molecule has 7 nitrogen and oxygen atoms in total. The van der Waals surface area contributed by atoms with Crippen molar-refractivity contribution in [2.24, 2.45) is 0 Å². The quantitative estimate of drug-likeness (QED) is 0.398. The number of aldehydes is 1. The van der Waals surface area contributed by atoms with Gasteiger partial charge in [-0.2, -0.15) is 18.2 Å². The molecule has 2 rings (SSSR count). The summed E-state index contributed by atoms with van der Waals surface area (Å²) >= 11 is 1.15. The van der Waals surface area contributed by atoms with Crippen molar-refractivity contribution in [1.82, 2.24) is 9.97 Å². The van der Waals surface area contributed by atoms with E-state index in [-0.39, 0.29) is 29.6 Å². The van der Waals surface area contributed by atoms with Gasteiger partial charge in [0.2, 0.25) is 11.9 Å². The van der Waals surface area contributed by atoms with Crippen molar-refractivity contribution in [2.75, 3.05) is 29.2 Å². The van der Waals surface area contributed by atoms with E-state index in [1.54, 1.807) is 6.26 Å². The van der Waals surface area contributed by atoms with Crippen LogP contribution in [0.1, 0.15) is 15.9 Å². The average Bonchev–Trinajstić information content (AvgIpc) is 2.59. The van der Waals surface area contributed by atoms with Crippen molar-refractivity contribution >= 4 is 41.4 Å². The van der Waals surface area contributed by atoms with E-state index in [9.17, 15) is 22.8 Å². The Morgan fingerprint density at radius 3 is 2.69 bits per heavy atom. The molecule has 1 aromatic carbocycles. The molecule has 0 saturated heterocycles. The smallest absolute Gasteiger partial charge is 0.376 e. The Kier molecular flexibility index (Phi) is 6.03. The number of nitrogens with two attached hydrogens (primary N) is 1. The Bertz CT molecular complexity index is 829. The van der Waals surface area contributed by atoms with E-state index in [2.05, 4.69) is 20.6 Å². The Morgan fingerprint density at radius 1 is 1.35 bits per heavy atom. The van der Waals surface area contributed by atoms with Crippen LogP contribution >= 0.6 is 11.8 Å². The number of anilines is 3. The van der Waals surface area contributed by atoms with Gasteiger partial charge in [0.05, 0.1) is 17.7 Å². The number of amides is 1. The highest BCUT2D eigenvalue weighted by molar-refractivity contribution is 7.98. The van der Waals surface area contributed by atoms with Crippen LogP contribution in [-0.4, -0.2) is 35.0 Å². The minimum atomic E-state index is -4.48. The zero-order valence-corrected chi connectivity index (χ0v) is 14.2. The Morgan fingerprint density at radius 2 is 2.08 bits per heavy atom. The molecule has 0 radical (unpaired) electrons. The molecule has 0 spiro atoms. The number of hydrogen-bond acceptors (Lipinski definition) is 7. The number of alkyl halides is 3. The summed E-state index contributed by atoms with van der Waals surface area (Å²) < 4.78 is 38.0. The zero-order valence-electron chi connectivity index (χ0n) is 13.4. The fourth-order valence-corrected chi connectivity index (χ4v) is 2.54. The maximum atomic E-state index is 12.7. The third-order valence-electron chi connectivity index (χ3n) is 3.14. The molecule has 0 unspecified atom stereocenters. The zero-order chi connectivity index (χ0) is 19.3. The molecule has 0 bridgehead atoms. The van der Waals surface area contributed by atoms with Crippen LogP contribution in [0.15, 0.2) is 29.3 Å². The molecule has 2 aromatic rings. The number of hydrogen-bond donors (Lipinski definition) is 3. The third kappa shape index (κ3) is 4.85. The number of benzene rings is 1. The highest BCUT2D eigenvalue weighted by Crippen LogP contribution is 2.30. The van der Waals surface area contributed by atoms with Gasteiger partial charge < -0.3 is 16.4 Å². The van der Waals surface area contributed by atoms with Gasteiger partial charge in [0.15, 0.2) is 6.29 Å². The number of thioether (sulfide) groups is 1. The largest absolute Gasteiger partial charge is 0.416 e. The van der Waals surface area contributed by atoms with Crippen LogP contribution in [0.5, 0.6) is 0 Å². The maximum Gasteiger partial charge on any atom is 0.416 e. The molecule has 0 aliphatic heterocycles. The summed E-state index contributed by atoms with van der Waals surface area (Å²) in [5, 5.41) is 5.27. The van der Waals surface area contributed by atoms with Gasteiger partial charge in [-0.3, -0.25) is 9.59 Å². The van der Waals surface area contributed by atoms with Crippen LogP contribution in [0.25, 0.3) is 0 Å². The first kappa shape index (κ1) is 19.5. The summed E-state index contributed by atoms with van der Waals surface area (Å²) in [7, 11) is 0. The predicted octanol–water partition coefficient (Wildman–Crippen LogP) is 2.66. The monoisotopic (exact) mass is 385 g/mol. The molecule has 0 saturated carbocycles. The summed E-state index contributed by atoms with van der Waals surface area (Å²) in [6, 6.07) is 4.44. The van der Waals surface area contributed by atoms with Crippen LogP contribution < -0.4 is 16.4 Å². The summed E-state index contributed by atoms with van der Waals surface area (Å²) in [4.78, 5) is 30.9. The molecular formula is C15H14F3N5O2S. The van der Waals surface area contributed by atoms with Crippen LogP contribution in [0.3, 0.4) is 0 Å². The van der Waals surface area contributed by atoms with E-state index in [1.165, 1.54) is 12.1 Å². The van der Waals surface area contributed by atoms with E-state index >= 15 is 0 Å². The summed E-state index contributed by atoms with van der Waals surface area (Å²) in [5.41, 5.74) is 4.89. The van der Waals surface area contributed by atoms with Crippen molar-refractivity contribution in [3.05, 3.63) is 35.4 Å². The lowest BCUT2D eigenvalue weighted by atomic mass is 10.2. The number of rotatable bonds is 6. The topological polar surface area (TPSA) is 110 Å². The fourth-order valence-electron chi connectivity index (χ4n) is 1.99. The molecule has 0 aliphatic rings. The molecule has 1 heterocycles. The number of nitrogen functional groups attached to an aromatic ring is 1. The molecule has 0 aliphatic carbocycles. The molecule has 1 amide bonds. The Balaban J connectivity index is 2.09. The minimum Gasteiger partial charge on any atom is -0.376 e. The predicted molar refractivity (Wildman–Crippen MR) is 92.2 cm³/mol. The standard InChI is InChI=1S/C15H14F3N5O2S/c1-26-13-10(7-24)12(22-14(19)23-13)21-11(25)6-20-9-4-2-3-8(5-9)15(16,17)18/h2-5,7,20H,6H2,1H3,(H3,19,21,22,23,25). The second-order valence-electron chi connectivity index (χ2n) is 4.95. The molecule has 4 N–H and O–H groups in total. The number of carbonyl (C=O) groups excluding carboxylic acids is 2. The van der Waals surface area contributed by atoms with Gasteiger partial charge in [0.25, 0.3) is 0 Å². The lowest BCUT2D eigenvalue weighted by molar-refractivity contribution is -0.137. The first-order chi connectivity index (χ1) is 12.2. The molecule has 26 heavy (non-hydrogen) atoms. The van der Waals surface area contributed by atoms with E-state index < -0.39 is 17.6 Å². The molecule has 138 valence electrons. The lowest BCUT2D eigenvalue weighted by Crippen LogP contribution is -2.24. The van der Waals surface area contributed by atoms with E-state index in [0.717, 1.165) is 23.9 Å². The number of aromatic nitrogens is 2. The van der Waals surface area contributed by atoms with Gasteiger partial charge in [-0.1, -0.05) is 6.07 Å². The number of nitrogens with one attached hydrogen (secondary N) is 2. The van der Waals surface area contributed by atoms with Gasteiger partial charge in [0.1, 0.15) is 10.8 Å². The number of halogens is 3. The third-order valence-corrected chi connectivity index (χ3v) is 3.84. The first-order valence-electron chi connectivity index (χ1n) is 7.12. The van der Waals surface area contributed by atoms with Crippen molar-refractivity contribution in [3.63, 3.8) is 0 Å². The van der Waals surface area contributed by atoms with Crippen molar-refractivity contribution in [1.29, 1.82) is 0 Å². The van der Waals surface area contributed by atoms with Gasteiger partial charge in [0, 0.05) is 5.69 Å². The van der Waals surface area contributed by atoms with E-state index in [0.29, 0.717) is 11.3 Å². The van der Waals surface area contributed by atoms with E-state index in [1.807, 2.05) is 0 Å². The summed E-state index contributed by atoms with van der Waals surface area (Å²) in [6.07, 6.45) is -2.32. The summed E-state index contributed by atoms with van der Waals surface area (Å²) in [6.45, 7) is -0.335. The highest BCUT2D eigenvalue weighted by atomic mass is 32.2. The minimum absolute atomic E-state index is 0.0623.